The Bertz CT molecular complexity index is 1100. The fourth-order valence-electron chi connectivity index (χ4n) is 3.45. The second-order valence-electron chi connectivity index (χ2n) is 7.57. The quantitative estimate of drug-likeness (QED) is 0.404. The van der Waals surface area contributed by atoms with Gasteiger partial charge in [-0.1, -0.05) is 0 Å². The number of halogens is 7. The molecule has 0 amide bonds. The van der Waals surface area contributed by atoms with Crippen molar-refractivity contribution in [1.29, 1.82) is 0 Å². The normalized spacial score (nSPS) is 19.5. The summed E-state index contributed by atoms with van der Waals surface area (Å²) < 4.78 is 115. The van der Waals surface area contributed by atoms with Crippen LogP contribution in [0.5, 0.6) is 0 Å². The fourth-order valence-corrected chi connectivity index (χ4v) is 5.46. The Hall–Kier alpha value is -2.50. The van der Waals surface area contributed by atoms with E-state index < -0.39 is 55.2 Å². The summed E-state index contributed by atoms with van der Waals surface area (Å²) in [6, 6.07) is 2.85. The topological polar surface area (TPSA) is 64.1 Å². The molecule has 174 valence electrons. The monoisotopic (exact) mass is 483 g/mol. The van der Waals surface area contributed by atoms with Gasteiger partial charge >= 0.3 is 12.4 Å². The zero-order chi connectivity index (χ0) is 23.9. The van der Waals surface area contributed by atoms with Gasteiger partial charge in [0.1, 0.15) is 11.5 Å². The van der Waals surface area contributed by atoms with Crippen LogP contribution in [0.15, 0.2) is 41.4 Å². The molecule has 0 saturated heterocycles. The summed E-state index contributed by atoms with van der Waals surface area (Å²) in [6.07, 6.45) is -8.34. The molecule has 0 radical (unpaired) electrons. The lowest BCUT2D eigenvalue weighted by molar-refractivity contribution is -0.141. The van der Waals surface area contributed by atoms with E-state index in [0.717, 1.165) is 12.3 Å². The minimum Gasteiger partial charge on any atom is -0.294 e. The van der Waals surface area contributed by atoms with Crippen molar-refractivity contribution in [1.82, 2.24) is 4.98 Å². The number of pyridine rings is 1. The van der Waals surface area contributed by atoms with Crippen molar-refractivity contribution in [2.75, 3.05) is 0 Å². The Balaban J connectivity index is 1.58. The molecule has 1 aromatic heterocycles. The minimum atomic E-state index is -4.90. The lowest BCUT2D eigenvalue weighted by Gasteiger charge is -2.34. The molecular formula is C20H16F7NO3S. The molecule has 0 spiro atoms. The number of aromatic nitrogens is 1. The molecule has 1 heterocycles. The Morgan fingerprint density at radius 2 is 1.66 bits per heavy atom. The first kappa shape index (κ1) is 24.1. The molecule has 1 aliphatic rings. The van der Waals surface area contributed by atoms with Gasteiger partial charge in [-0.2, -0.15) is 26.3 Å². The van der Waals surface area contributed by atoms with Gasteiger partial charge in [0.2, 0.25) is 0 Å². The van der Waals surface area contributed by atoms with E-state index in [1.165, 1.54) is 0 Å². The number of rotatable bonds is 6. The second-order valence-corrected chi connectivity index (χ2v) is 9.80. The van der Waals surface area contributed by atoms with E-state index in [0.29, 0.717) is 18.2 Å². The van der Waals surface area contributed by atoms with Crippen molar-refractivity contribution in [3.8, 4) is 0 Å². The molecule has 1 aromatic carbocycles. The van der Waals surface area contributed by atoms with E-state index in [2.05, 4.69) is 4.98 Å². The number of Topliss-reactive ketones (excluding diaryl/α,β-unsaturated/α-hetero) is 1. The number of alkyl halides is 6. The first-order valence-corrected chi connectivity index (χ1v) is 10.9. The minimum absolute atomic E-state index is 0.0130. The fraction of sp³-hybridized carbons (Fsp3) is 0.400. The summed E-state index contributed by atoms with van der Waals surface area (Å²) in [5.41, 5.74) is -2.55. The molecule has 1 saturated carbocycles. The van der Waals surface area contributed by atoms with E-state index in [-0.39, 0.29) is 43.2 Å². The molecule has 32 heavy (non-hydrogen) atoms. The molecule has 0 N–H and O–H groups in total. The van der Waals surface area contributed by atoms with E-state index in [4.69, 9.17) is 0 Å². The molecule has 4 nitrogen and oxygen atoms in total. The number of sulfone groups is 1. The van der Waals surface area contributed by atoms with Gasteiger partial charge in [0.15, 0.2) is 15.6 Å². The van der Waals surface area contributed by atoms with Gasteiger partial charge in [0, 0.05) is 18.2 Å². The molecule has 3 rings (SSSR count). The average Bonchev–Trinajstić information content (AvgIpc) is 2.64. The van der Waals surface area contributed by atoms with Crippen molar-refractivity contribution < 1.29 is 43.9 Å². The Morgan fingerprint density at radius 3 is 2.19 bits per heavy atom. The van der Waals surface area contributed by atoms with Crippen LogP contribution in [0.1, 0.15) is 47.3 Å². The van der Waals surface area contributed by atoms with Crippen LogP contribution in [-0.2, 0) is 22.2 Å². The molecule has 0 aliphatic heterocycles. The third-order valence-corrected chi connectivity index (χ3v) is 7.47. The number of benzene rings is 1. The lowest BCUT2D eigenvalue weighted by atomic mass is 9.81. The Kier molecular flexibility index (Phi) is 6.38. The molecular weight excluding hydrogens is 467 g/mol. The van der Waals surface area contributed by atoms with Crippen molar-refractivity contribution in [2.24, 2.45) is 5.92 Å². The third-order valence-electron chi connectivity index (χ3n) is 5.31. The standard InChI is InChI=1S/C20H16F7NO3S/c21-14-7-13(19(22,23)24)8-16(9-14)32(30,31)15-5-11(6-15)1-3-17(29)12-2-4-18(28-10-12)20(25,26)27/h2,4,7-11,15H,1,3,5-6H2. The highest BCUT2D eigenvalue weighted by atomic mass is 32.2. The molecule has 0 bridgehead atoms. The molecule has 1 aliphatic carbocycles. The molecule has 2 aromatic rings. The summed E-state index contributed by atoms with van der Waals surface area (Å²) in [5, 5.41) is -1.00. The first-order valence-electron chi connectivity index (χ1n) is 9.36. The van der Waals surface area contributed by atoms with E-state index in [9.17, 15) is 43.9 Å². The highest BCUT2D eigenvalue weighted by molar-refractivity contribution is 7.92. The molecule has 12 heteroatoms. The number of hydrogen-bond donors (Lipinski definition) is 0. The van der Waals surface area contributed by atoms with Gasteiger partial charge in [-0.05, 0) is 55.5 Å². The maximum Gasteiger partial charge on any atom is 0.433 e. The number of hydrogen-bond acceptors (Lipinski definition) is 4. The van der Waals surface area contributed by atoms with Crippen LogP contribution in [0.2, 0.25) is 0 Å². The third kappa shape index (κ3) is 5.28. The zero-order valence-electron chi connectivity index (χ0n) is 16.2. The molecule has 0 atom stereocenters. The van der Waals surface area contributed by atoms with Crippen LogP contribution in [0.4, 0.5) is 30.7 Å². The van der Waals surface area contributed by atoms with Crippen LogP contribution < -0.4 is 0 Å². The van der Waals surface area contributed by atoms with E-state index >= 15 is 0 Å². The van der Waals surface area contributed by atoms with Crippen LogP contribution >= 0.6 is 0 Å². The SMILES string of the molecule is O=C(CCC1CC(S(=O)(=O)c2cc(F)cc(C(F)(F)F)c2)C1)c1ccc(C(F)(F)F)nc1. The smallest absolute Gasteiger partial charge is 0.294 e. The van der Waals surface area contributed by atoms with Gasteiger partial charge in [-0.3, -0.25) is 9.78 Å². The van der Waals surface area contributed by atoms with Crippen molar-refractivity contribution in [3.05, 3.63) is 59.2 Å². The number of nitrogens with zero attached hydrogens (tertiary/aromatic N) is 1. The van der Waals surface area contributed by atoms with E-state index in [1.54, 1.807) is 0 Å². The number of ketones is 1. The van der Waals surface area contributed by atoms with Crippen LogP contribution in [0, 0.1) is 11.7 Å². The van der Waals surface area contributed by atoms with Gasteiger partial charge < -0.3 is 0 Å². The maximum absolute atomic E-state index is 13.5. The van der Waals surface area contributed by atoms with Gasteiger partial charge in [0.05, 0.1) is 15.7 Å². The predicted octanol–water partition coefficient (Wildman–Crippen LogP) is 5.47. The zero-order valence-corrected chi connectivity index (χ0v) is 17.0. The highest BCUT2D eigenvalue weighted by Crippen LogP contribution is 2.40. The van der Waals surface area contributed by atoms with Crippen molar-refractivity contribution in [2.45, 2.75) is 48.2 Å². The maximum atomic E-state index is 13.5. The van der Waals surface area contributed by atoms with E-state index in [1.807, 2.05) is 0 Å². The number of carbonyl (C=O) groups is 1. The largest absolute Gasteiger partial charge is 0.433 e. The lowest BCUT2D eigenvalue weighted by Crippen LogP contribution is -2.36. The Labute approximate surface area is 178 Å². The van der Waals surface area contributed by atoms with Crippen molar-refractivity contribution in [3.63, 3.8) is 0 Å². The average molecular weight is 483 g/mol. The first-order chi connectivity index (χ1) is 14.7. The highest BCUT2D eigenvalue weighted by Gasteiger charge is 2.41. The molecule has 0 unspecified atom stereocenters. The van der Waals surface area contributed by atoms with Crippen LogP contribution in [-0.4, -0.2) is 24.4 Å². The van der Waals surface area contributed by atoms with Crippen LogP contribution in [0.3, 0.4) is 0 Å². The summed E-state index contributed by atoms with van der Waals surface area (Å²) in [6.45, 7) is 0. The predicted molar refractivity (Wildman–Crippen MR) is 97.9 cm³/mol. The summed E-state index contributed by atoms with van der Waals surface area (Å²) in [4.78, 5) is 14.6. The summed E-state index contributed by atoms with van der Waals surface area (Å²) >= 11 is 0. The van der Waals surface area contributed by atoms with Crippen LogP contribution in [0.25, 0.3) is 0 Å². The van der Waals surface area contributed by atoms with Crippen molar-refractivity contribution >= 4 is 15.6 Å². The second kappa shape index (κ2) is 8.45. The number of carbonyl (C=O) groups excluding carboxylic acids is 1. The van der Waals surface area contributed by atoms with Gasteiger partial charge in [-0.25, -0.2) is 12.8 Å². The van der Waals surface area contributed by atoms with Gasteiger partial charge in [0.25, 0.3) is 0 Å². The summed E-state index contributed by atoms with van der Waals surface area (Å²) in [7, 11) is -4.19. The molecule has 1 fully saturated rings. The van der Waals surface area contributed by atoms with Gasteiger partial charge in [-0.15, -0.1) is 0 Å². The summed E-state index contributed by atoms with van der Waals surface area (Å²) in [5.74, 6) is -1.99. The Morgan fingerprint density at radius 1 is 1.00 bits per heavy atom.